The average Bonchev–Trinajstić information content (AvgIpc) is 2.42. The van der Waals surface area contributed by atoms with Crippen molar-refractivity contribution in [3.8, 4) is 5.75 Å². The van der Waals surface area contributed by atoms with E-state index in [0.29, 0.717) is 31.1 Å². The van der Waals surface area contributed by atoms with Crippen molar-refractivity contribution in [1.29, 1.82) is 0 Å². The number of aromatic carboxylic acids is 1. The molecule has 1 N–H and O–H groups in total. The maximum Gasteiger partial charge on any atom is 0.335 e. The molecular formula is C14H20O5. The van der Waals surface area contributed by atoms with Gasteiger partial charge in [0.1, 0.15) is 5.75 Å². The van der Waals surface area contributed by atoms with E-state index in [1.54, 1.807) is 19.2 Å². The zero-order valence-corrected chi connectivity index (χ0v) is 11.5. The number of carboxylic acid groups (broad SMARTS) is 1. The summed E-state index contributed by atoms with van der Waals surface area (Å²) in [5.74, 6) is -0.347. The molecule has 0 saturated heterocycles. The molecule has 19 heavy (non-hydrogen) atoms. The molecule has 106 valence electrons. The minimum absolute atomic E-state index is 0.0573. The van der Waals surface area contributed by atoms with Crippen molar-refractivity contribution >= 4 is 5.97 Å². The van der Waals surface area contributed by atoms with Crippen molar-refractivity contribution in [3.63, 3.8) is 0 Å². The number of hydrogen-bond acceptors (Lipinski definition) is 4. The fourth-order valence-corrected chi connectivity index (χ4v) is 1.59. The summed E-state index contributed by atoms with van der Waals surface area (Å²) in [5.41, 5.74) is 0.933. The van der Waals surface area contributed by atoms with Crippen LogP contribution in [0.3, 0.4) is 0 Å². The van der Waals surface area contributed by atoms with Gasteiger partial charge in [0.25, 0.3) is 0 Å². The van der Waals surface area contributed by atoms with Crippen LogP contribution in [0.5, 0.6) is 5.75 Å². The van der Waals surface area contributed by atoms with Crippen molar-refractivity contribution in [3.05, 3.63) is 29.3 Å². The summed E-state index contributed by atoms with van der Waals surface area (Å²) < 4.78 is 16.1. The number of methoxy groups -OCH3 is 1. The molecule has 1 rings (SSSR count). The predicted molar refractivity (Wildman–Crippen MR) is 70.7 cm³/mol. The lowest BCUT2D eigenvalue weighted by molar-refractivity contribution is -0.0122. The first-order valence-electron chi connectivity index (χ1n) is 6.18. The molecule has 0 fully saturated rings. The van der Waals surface area contributed by atoms with Gasteiger partial charge >= 0.3 is 5.97 Å². The number of hydrogen-bond donors (Lipinski definition) is 1. The zero-order chi connectivity index (χ0) is 14.3. The normalized spacial score (nSPS) is 12.2. The van der Waals surface area contributed by atoms with Crippen LogP contribution in [0.1, 0.15) is 29.8 Å². The van der Waals surface area contributed by atoms with E-state index in [1.165, 1.54) is 6.07 Å². The summed E-state index contributed by atoms with van der Waals surface area (Å²) in [7, 11) is 1.54. The first-order chi connectivity index (χ1) is 9.08. The van der Waals surface area contributed by atoms with Crippen LogP contribution >= 0.6 is 0 Å². The van der Waals surface area contributed by atoms with Gasteiger partial charge in [0.15, 0.2) is 0 Å². The molecule has 5 nitrogen and oxygen atoms in total. The van der Waals surface area contributed by atoms with Crippen LogP contribution in [-0.2, 0) is 16.1 Å². The third-order valence-electron chi connectivity index (χ3n) is 2.61. The number of ether oxygens (including phenoxy) is 3. The highest BCUT2D eigenvalue weighted by Crippen LogP contribution is 2.21. The van der Waals surface area contributed by atoms with Crippen LogP contribution < -0.4 is 4.74 Å². The van der Waals surface area contributed by atoms with E-state index in [2.05, 4.69) is 0 Å². The van der Waals surface area contributed by atoms with Crippen LogP contribution in [0.25, 0.3) is 0 Å². The quantitative estimate of drug-likeness (QED) is 0.784. The second-order valence-corrected chi connectivity index (χ2v) is 4.11. The summed E-state index contributed by atoms with van der Waals surface area (Å²) in [5, 5.41) is 8.96. The van der Waals surface area contributed by atoms with Gasteiger partial charge in [-0.25, -0.2) is 4.79 Å². The van der Waals surface area contributed by atoms with Gasteiger partial charge < -0.3 is 19.3 Å². The highest BCUT2D eigenvalue weighted by atomic mass is 16.5. The molecule has 1 aromatic carbocycles. The molecule has 0 aromatic heterocycles. The first-order valence-corrected chi connectivity index (χ1v) is 6.18. The molecule has 0 radical (unpaired) electrons. The molecule has 1 unspecified atom stereocenters. The van der Waals surface area contributed by atoms with Crippen LogP contribution in [0.2, 0.25) is 0 Å². The fraction of sp³-hybridized carbons (Fsp3) is 0.500. The molecule has 0 aliphatic carbocycles. The molecule has 0 spiro atoms. The van der Waals surface area contributed by atoms with E-state index in [-0.39, 0.29) is 11.7 Å². The summed E-state index contributed by atoms with van der Waals surface area (Å²) in [6.07, 6.45) is -0.0573. The maximum atomic E-state index is 10.9. The van der Waals surface area contributed by atoms with Crippen molar-refractivity contribution in [2.75, 3.05) is 20.3 Å². The van der Waals surface area contributed by atoms with Crippen LogP contribution in [0, 0.1) is 0 Å². The molecule has 0 bridgehead atoms. The van der Waals surface area contributed by atoms with Gasteiger partial charge in [-0.2, -0.15) is 0 Å². The lowest BCUT2D eigenvalue weighted by Gasteiger charge is -2.15. The van der Waals surface area contributed by atoms with E-state index in [1.807, 2.05) is 13.8 Å². The van der Waals surface area contributed by atoms with Crippen LogP contribution in [-0.4, -0.2) is 37.5 Å². The third kappa shape index (κ3) is 4.89. The minimum atomic E-state index is -0.966. The van der Waals surface area contributed by atoms with Gasteiger partial charge in [-0.1, -0.05) is 0 Å². The Bertz CT molecular complexity index is 416. The largest absolute Gasteiger partial charge is 0.496 e. The van der Waals surface area contributed by atoms with Crippen molar-refractivity contribution < 1.29 is 24.1 Å². The second-order valence-electron chi connectivity index (χ2n) is 4.11. The number of carbonyl (C=O) groups is 1. The summed E-state index contributed by atoms with van der Waals surface area (Å²) in [4.78, 5) is 10.9. The SMILES string of the molecule is CCOCC(C)OCc1cc(C(=O)O)ccc1OC. The van der Waals surface area contributed by atoms with Gasteiger partial charge in [-0.3, -0.25) is 0 Å². The number of carboxylic acids is 1. The van der Waals surface area contributed by atoms with E-state index in [9.17, 15) is 4.79 Å². The lowest BCUT2D eigenvalue weighted by atomic mass is 10.1. The zero-order valence-electron chi connectivity index (χ0n) is 11.5. The van der Waals surface area contributed by atoms with Gasteiger partial charge in [-0.05, 0) is 32.0 Å². The van der Waals surface area contributed by atoms with E-state index >= 15 is 0 Å². The Hall–Kier alpha value is -1.59. The van der Waals surface area contributed by atoms with E-state index in [4.69, 9.17) is 19.3 Å². The number of benzene rings is 1. The molecule has 5 heteroatoms. The minimum Gasteiger partial charge on any atom is -0.496 e. The topological polar surface area (TPSA) is 65.0 Å². The van der Waals surface area contributed by atoms with Gasteiger partial charge in [0.05, 0.1) is 32.0 Å². The van der Waals surface area contributed by atoms with E-state index in [0.717, 1.165) is 0 Å². The monoisotopic (exact) mass is 268 g/mol. The van der Waals surface area contributed by atoms with E-state index < -0.39 is 5.97 Å². The molecule has 1 aromatic rings. The molecule has 0 aliphatic heterocycles. The van der Waals surface area contributed by atoms with Crippen LogP contribution in [0.4, 0.5) is 0 Å². The number of rotatable bonds is 8. The summed E-state index contributed by atoms with van der Waals surface area (Å²) >= 11 is 0. The Kier molecular flexibility index (Phi) is 6.32. The molecule has 0 amide bonds. The van der Waals surface area contributed by atoms with Gasteiger partial charge in [0.2, 0.25) is 0 Å². The average molecular weight is 268 g/mol. The maximum absolute atomic E-state index is 10.9. The highest BCUT2D eigenvalue weighted by Gasteiger charge is 2.10. The highest BCUT2D eigenvalue weighted by molar-refractivity contribution is 5.88. The molecule has 0 saturated carbocycles. The molecule has 1 atom stereocenters. The second kappa shape index (κ2) is 7.76. The molecule has 0 heterocycles. The van der Waals surface area contributed by atoms with Crippen LogP contribution in [0.15, 0.2) is 18.2 Å². The van der Waals surface area contributed by atoms with Gasteiger partial charge in [0, 0.05) is 12.2 Å². The molecule has 0 aliphatic rings. The summed E-state index contributed by atoms with van der Waals surface area (Å²) in [6, 6.07) is 4.71. The third-order valence-corrected chi connectivity index (χ3v) is 2.61. The Morgan fingerprint density at radius 3 is 2.74 bits per heavy atom. The standard InChI is InChI=1S/C14H20O5/c1-4-18-8-10(2)19-9-12-7-11(14(15)16)5-6-13(12)17-3/h5-7,10H,4,8-9H2,1-3H3,(H,15,16). The summed E-state index contributed by atoms with van der Waals surface area (Å²) in [6.45, 7) is 5.27. The smallest absolute Gasteiger partial charge is 0.335 e. The predicted octanol–water partition coefficient (Wildman–Crippen LogP) is 2.33. The molecular weight excluding hydrogens is 248 g/mol. The Morgan fingerprint density at radius 2 is 2.16 bits per heavy atom. The van der Waals surface area contributed by atoms with Crippen molar-refractivity contribution in [2.45, 2.75) is 26.6 Å². The van der Waals surface area contributed by atoms with Gasteiger partial charge in [-0.15, -0.1) is 0 Å². The van der Waals surface area contributed by atoms with Crippen molar-refractivity contribution in [1.82, 2.24) is 0 Å². The Morgan fingerprint density at radius 1 is 1.42 bits per heavy atom. The van der Waals surface area contributed by atoms with Crippen molar-refractivity contribution in [2.24, 2.45) is 0 Å². The Balaban J connectivity index is 2.69. The lowest BCUT2D eigenvalue weighted by Crippen LogP contribution is -2.16. The fourth-order valence-electron chi connectivity index (χ4n) is 1.59. The first kappa shape index (κ1) is 15.5. The Labute approximate surface area is 113 Å².